The second kappa shape index (κ2) is 12.7. The Bertz CT molecular complexity index is 1480. The van der Waals surface area contributed by atoms with Crippen molar-refractivity contribution >= 4 is 22.5 Å². The number of aryl methyl sites for hydroxylation is 1. The number of rotatable bonds is 8. The molecular formula is C35H46O11. The number of aromatic hydroxyl groups is 1. The molecular weight excluding hydrogens is 596 g/mol. The van der Waals surface area contributed by atoms with Crippen LogP contribution in [0.2, 0.25) is 0 Å². The van der Waals surface area contributed by atoms with Gasteiger partial charge in [-0.1, -0.05) is 31.7 Å². The molecule has 11 heteroatoms. The average Bonchev–Trinajstić information content (AvgIpc) is 3.48. The van der Waals surface area contributed by atoms with Crippen LogP contribution in [0.5, 0.6) is 11.5 Å². The zero-order valence-electron chi connectivity index (χ0n) is 26.5. The Kier molecular flexibility index (Phi) is 9.12. The molecule has 2 heterocycles. The third-order valence-electron chi connectivity index (χ3n) is 11.5. The predicted molar refractivity (Wildman–Crippen MR) is 166 cm³/mol. The Labute approximate surface area is 268 Å². The van der Waals surface area contributed by atoms with Gasteiger partial charge < -0.3 is 44.8 Å². The number of carboxylic acids is 1. The Morgan fingerprint density at radius 2 is 1.83 bits per heavy atom. The van der Waals surface area contributed by atoms with Gasteiger partial charge in [0.15, 0.2) is 5.78 Å². The third kappa shape index (κ3) is 5.58. The number of phenols is 1. The van der Waals surface area contributed by atoms with Gasteiger partial charge in [0.05, 0.1) is 29.7 Å². The zero-order valence-corrected chi connectivity index (χ0v) is 26.5. The lowest BCUT2D eigenvalue weighted by Crippen LogP contribution is -2.68. The number of carbonyl (C=O) groups excluding carboxylic acids is 1. The number of hydrogen-bond acceptors (Lipinski definition) is 10. The maximum absolute atomic E-state index is 12.3. The number of ketones is 1. The Morgan fingerprint density at radius 1 is 1.09 bits per heavy atom. The molecule has 6 rings (SSSR count). The molecule has 8 atom stereocenters. The van der Waals surface area contributed by atoms with Gasteiger partial charge in [-0.05, 0) is 92.2 Å². The molecule has 2 aliphatic heterocycles. The van der Waals surface area contributed by atoms with Crippen molar-refractivity contribution in [1.82, 2.24) is 0 Å². The van der Waals surface area contributed by atoms with Gasteiger partial charge in [0.25, 0.3) is 0 Å². The number of aromatic carboxylic acids is 1. The molecule has 1 spiro atoms. The summed E-state index contributed by atoms with van der Waals surface area (Å²) < 4.78 is 18.0. The van der Waals surface area contributed by atoms with Gasteiger partial charge in [-0.15, -0.1) is 0 Å². The van der Waals surface area contributed by atoms with E-state index in [1.165, 1.54) is 25.8 Å². The summed E-state index contributed by atoms with van der Waals surface area (Å²) in [4.78, 5) is 24.3. The molecule has 0 amide bonds. The molecule has 2 aliphatic carbocycles. The lowest BCUT2D eigenvalue weighted by atomic mass is 9.56. The maximum Gasteiger partial charge on any atom is 0.335 e. The van der Waals surface area contributed by atoms with E-state index in [1.54, 1.807) is 13.0 Å². The van der Waals surface area contributed by atoms with E-state index in [1.807, 2.05) is 0 Å². The van der Waals surface area contributed by atoms with Crippen LogP contribution in [0.25, 0.3) is 10.8 Å². The summed E-state index contributed by atoms with van der Waals surface area (Å²) in [6.45, 7) is 3.74. The number of Topliss-reactive ketones (excluding diaryl/α,β-unsaturated/α-hetero) is 1. The van der Waals surface area contributed by atoms with E-state index in [4.69, 9.17) is 14.2 Å². The van der Waals surface area contributed by atoms with Crippen LogP contribution >= 0.6 is 0 Å². The lowest BCUT2D eigenvalue weighted by molar-refractivity contribution is -0.315. The average molecular weight is 643 g/mol. The van der Waals surface area contributed by atoms with Gasteiger partial charge in [0, 0.05) is 6.61 Å². The van der Waals surface area contributed by atoms with Crippen LogP contribution in [0.4, 0.5) is 0 Å². The Hall–Kier alpha value is -2.80. The minimum Gasteiger partial charge on any atom is -0.506 e. The highest BCUT2D eigenvalue weighted by Gasteiger charge is 2.57. The number of aliphatic hydroxyl groups excluding tert-OH is 3. The van der Waals surface area contributed by atoms with Crippen molar-refractivity contribution in [3.8, 4) is 11.5 Å². The van der Waals surface area contributed by atoms with Gasteiger partial charge in [-0.25, -0.2) is 4.79 Å². The van der Waals surface area contributed by atoms with Gasteiger partial charge in [-0.2, -0.15) is 0 Å². The summed E-state index contributed by atoms with van der Waals surface area (Å²) in [6.07, 6.45) is 1.98. The molecule has 2 aromatic rings. The van der Waals surface area contributed by atoms with Crippen LogP contribution in [-0.2, 0) is 9.47 Å². The number of carboxylic acid groups (broad SMARTS) is 1. The molecule has 11 nitrogen and oxygen atoms in total. The van der Waals surface area contributed by atoms with Crippen LogP contribution in [0.3, 0.4) is 0 Å². The number of hydrogen-bond donors (Lipinski definition) is 6. The van der Waals surface area contributed by atoms with Crippen molar-refractivity contribution in [1.29, 1.82) is 0 Å². The highest BCUT2D eigenvalue weighted by atomic mass is 16.7. The van der Waals surface area contributed by atoms with Crippen LogP contribution in [0.15, 0.2) is 18.2 Å². The van der Waals surface area contributed by atoms with Crippen molar-refractivity contribution in [2.45, 2.75) is 102 Å². The molecule has 252 valence electrons. The molecule has 4 aliphatic rings. The highest BCUT2D eigenvalue weighted by Crippen LogP contribution is 2.57. The van der Waals surface area contributed by atoms with Gasteiger partial charge in [0.1, 0.15) is 35.4 Å². The second-order valence-electron chi connectivity index (χ2n) is 14.2. The lowest BCUT2D eigenvalue weighted by Gasteiger charge is -2.53. The molecule has 6 N–H and O–H groups in total. The van der Waals surface area contributed by atoms with Crippen LogP contribution in [0.1, 0.15) is 91.0 Å². The number of ether oxygens (including phenoxy) is 3. The maximum atomic E-state index is 12.3. The first-order chi connectivity index (χ1) is 21.9. The van der Waals surface area contributed by atoms with Crippen LogP contribution in [-0.4, -0.2) is 92.4 Å². The summed E-state index contributed by atoms with van der Waals surface area (Å²) in [5.74, 6) is -1.09. The topological polar surface area (TPSA) is 183 Å². The Morgan fingerprint density at radius 3 is 2.50 bits per heavy atom. The van der Waals surface area contributed by atoms with Gasteiger partial charge in [-0.3, -0.25) is 4.79 Å². The Balaban J connectivity index is 1.26. The van der Waals surface area contributed by atoms with Crippen molar-refractivity contribution < 1.29 is 54.4 Å². The fourth-order valence-corrected chi connectivity index (χ4v) is 9.39. The van der Waals surface area contributed by atoms with Crippen molar-refractivity contribution in [3.63, 3.8) is 0 Å². The van der Waals surface area contributed by atoms with E-state index in [0.717, 1.165) is 51.4 Å². The first-order valence-electron chi connectivity index (χ1n) is 16.5. The molecule has 8 unspecified atom stereocenters. The SMILES string of the molecule is CC(=O)c1c(C)cc2cc(C(=O)O)cc(OC3OC(CO)C(O)(CCC4CCCC5COCC6(CCCC6)C45)C(O)C3O)c2c1O. The summed E-state index contributed by atoms with van der Waals surface area (Å²) in [6, 6.07) is 4.01. The zero-order chi connectivity index (χ0) is 33.0. The minimum atomic E-state index is -1.99. The van der Waals surface area contributed by atoms with Crippen molar-refractivity contribution in [2.24, 2.45) is 23.2 Å². The fourth-order valence-electron chi connectivity index (χ4n) is 9.39. The number of fused-ring (bicyclic) bond motifs is 3. The molecule has 2 aromatic carbocycles. The van der Waals surface area contributed by atoms with Crippen LogP contribution < -0.4 is 4.74 Å². The van der Waals surface area contributed by atoms with E-state index in [-0.39, 0.29) is 39.5 Å². The normalized spacial score (nSPS) is 34.0. The van der Waals surface area contributed by atoms with Crippen molar-refractivity contribution in [2.75, 3.05) is 19.8 Å². The second-order valence-corrected chi connectivity index (χ2v) is 14.2. The largest absolute Gasteiger partial charge is 0.506 e. The molecule has 0 bridgehead atoms. The fraction of sp³-hybridized carbons (Fsp3) is 0.657. The molecule has 0 radical (unpaired) electrons. The van der Waals surface area contributed by atoms with E-state index >= 15 is 0 Å². The van der Waals surface area contributed by atoms with E-state index in [2.05, 4.69) is 0 Å². The van der Waals surface area contributed by atoms with E-state index in [9.17, 15) is 40.2 Å². The third-order valence-corrected chi connectivity index (χ3v) is 11.5. The highest BCUT2D eigenvalue weighted by molar-refractivity contribution is 6.08. The molecule has 2 saturated carbocycles. The van der Waals surface area contributed by atoms with E-state index in [0.29, 0.717) is 29.7 Å². The number of phenolic OH excluding ortho intramolecular Hbond substituents is 1. The number of aliphatic hydroxyl groups is 4. The monoisotopic (exact) mass is 642 g/mol. The molecule has 0 aromatic heterocycles. The van der Waals surface area contributed by atoms with Crippen molar-refractivity contribution in [3.05, 3.63) is 34.9 Å². The first-order valence-corrected chi connectivity index (χ1v) is 16.5. The van der Waals surface area contributed by atoms with Gasteiger partial charge >= 0.3 is 5.97 Å². The summed E-state index contributed by atoms with van der Waals surface area (Å²) in [5.41, 5.74) is -1.56. The standard InChI is InChI=1S/C35H46O11/c1-18-12-22-13-23(32(41)42)14-24(27(22)29(38)26(18)19(2)37)45-33-30(39)31(40)35(43,25(15-36)46-33)11-8-20-6-5-7-21-16-44-17-34(28(20)21)9-3-4-10-34/h12-14,20-21,25,28,30-31,33,36,38-40,43H,3-11,15-17H2,1-2H3,(H,41,42). The minimum absolute atomic E-state index is 0.0247. The first kappa shape index (κ1) is 33.1. The quantitative estimate of drug-likeness (QED) is 0.231. The van der Waals surface area contributed by atoms with Crippen LogP contribution in [0, 0.1) is 30.1 Å². The van der Waals surface area contributed by atoms with E-state index < -0.39 is 54.3 Å². The summed E-state index contributed by atoms with van der Waals surface area (Å²) in [5, 5.41) is 66.0. The summed E-state index contributed by atoms with van der Waals surface area (Å²) in [7, 11) is 0. The smallest absolute Gasteiger partial charge is 0.335 e. The summed E-state index contributed by atoms with van der Waals surface area (Å²) >= 11 is 0. The molecule has 4 fully saturated rings. The number of carbonyl (C=O) groups is 2. The van der Waals surface area contributed by atoms with Gasteiger partial charge in [0.2, 0.25) is 6.29 Å². The molecule has 2 saturated heterocycles. The number of benzene rings is 2. The predicted octanol–water partition coefficient (Wildman–Crippen LogP) is 3.71. The molecule has 46 heavy (non-hydrogen) atoms.